The molecule has 6 nitrogen and oxygen atoms in total. The van der Waals surface area contributed by atoms with Crippen LogP contribution in [0.4, 0.5) is 5.00 Å². The normalized spacial score (nSPS) is 15.5. The van der Waals surface area contributed by atoms with Crippen molar-refractivity contribution in [3.8, 4) is 0 Å². The second-order valence-electron chi connectivity index (χ2n) is 7.18. The van der Waals surface area contributed by atoms with Gasteiger partial charge in [0.15, 0.2) is 6.61 Å². The van der Waals surface area contributed by atoms with Crippen molar-refractivity contribution in [3.05, 3.63) is 58.0 Å². The molecule has 3 rings (SSSR count). The van der Waals surface area contributed by atoms with Gasteiger partial charge in [-0.05, 0) is 49.3 Å². The van der Waals surface area contributed by atoms with E-state index in [0.717, 1.165) is 35.3 Å². The molecule has 1 heterocycles. The third-order valence-electron chi connectivity index (χ3n) is 4.80. The molecule has 1 atom stereocenters. The van der Waals surface area contributed by atoms with Crippen molar-refractivity contribution < 1.29 is 23.9 Å². The van der Waals surface area contributed by atoms with Crippen LogP contribution in [0.1, 0.15) is 46.6 Å². The van der Waals surface area contributed by atoms with Crippen molar-refractivity contribution in [2.75, 3.05) is 18.5 Å². The monoisotopic (exact) mass is 427 g/mol. The van der Waals surface area contributed by atoms with E-state index in [1.54, 1.807) is 13.0 Å². The maximum Gasteiger partial charge on any atom is 0.341 e. The molecule has 1 aliphatic rings. The molecule has 1 unspecified atom stereocenters. The number of thiophene rings is 1. The molecule has 0 saturated carbocycles. The summed E-state index contributed by atoms with van der Waals surface area (Å²) in [5.41, 5.74) is 2.26. The van der Waals surface area contributed by atoms with Gasteiger partial charge in [0.1, 0.15) is 5.00 Å². The fourth-order valence-corrected chi connectivity index (χ4v) is 4.75. The molecule has 1 aromatic carbocycles. The van der Waals surface area contributed by atoms with Crippen LogP contribution in [-0.2, 0) is 31.9 Å². The highest BCUT2D eigenvalue weighted by atomic mass is 32.1. The number of rotatable bonds is 7. The van der Waals surface area contributed by atoms with Crippen LogP contribution in [0.25, 0.3) is 6.08 Å². The molecule has 0 bridgehead atoms. The summed E-state index contributed by atoms with van der Waals surface area (Å²) in [4.78, 5) is 37.8. The highest BCUT2D eigenvalue weighted by Crippen LogP contribution is 2.40. The minimum atomic E-state index is -0.612. The predicted octanol–water partition coefficient (Wildman–Crippen LogP) is 4.24. The summed E-state index contributed by atoms with van der Waals surface area (Å²) in [5.74, 6) is -0.998. The van der Waals surface area contributed by atoms with Gasteiger partial charge in [0.05, 0.1) is 12.2 Å². The number of anilines is 1. The topological polar surface area (TPSA) is 81.7 Å². The molecular formula is C23H25NO5S. The molecule has 1 aromatic heterocycles. The molecule has 0 spiro atoms. The largest absolute Gasteiger partial charge is 0.462 e. The molecule has 158 valence electrons. The number of carbonyl (C=O) groups is 3. The van der Waals surface area contributed by atoms with Crippen molar-refractivity contribution in [2.24, 2.45) is 5.92 Å². The molecule has 1 aliphatic carbocycles. The van der Waals surface area contributed by atoms with E-state index in [2.05, 4.69) is 12.2 Å². The molecule has 30 heavy (non-hydrogen) atoms. The van der Waals surface area contributed by atoms with E-state index in [0.29, 0.717) is 16.5 Å². The average molecular weight is 428 g/mol. The van der Waals surface area contributed by atoms with E-state index >= 15 is 0 Å². The first kappa shape index (κ1) is 21.8. The van der Waals surface area contributed by atoms with Crippen molar-refractivity contribution in [3.63, 3.8) is 0 Å². The molecule has 0 radical (unpaired) electrons. The number of carbonyl (C=O) groups excluding carboxylic acids is 3. The van der Waals surface area contributed by atoms with Crippen LogP contribution in [0.15, 0.2) is 36.4 Å². The number of esters is 2. The van der Waals surface area contributed by atoms with Crippen LogP contribution >= 0.6 is 11.3 Å². The summed E-state index contributed by atoms with van der Waals surface area (Å²) in [7, 11) is 0. The van der Waals surface area contributed by atoms with Gasteiger partial charge in [0.2, 0.25) is 0 Å². The van der Waals surface area contributed by atoms with Crippen LogP contribution in [0.3, 0.4) is 0 Å². The highest BCUT2D eigenvalue weighted by Gasteiger charge is 2.29. The fraction of sp³-hybridized carbons (Fsp3) is 0.348. The molecular weight excluding hydrogens is 402 g/mol. The quantitative estimate of drug-likeness (QED) is 0.528. The molecule has 0 fully saturated rings. The van der Waals surface area contributed by atoms with E-state index in [1.807, 2.05) is 30.3 Å². The molecule has 2 aromatic rings. The lowest BCUT2D eigenvalue weighted by Crippen LogP contribution is -2.21. The number of nitrogens with one attached hydrogen (secondary N) is 1. The van der Waals surface area contributed by atoms with Gasteiger partial charge in [0.25, 0.3) is 5.91 Å². The van der Waals surface area contributed by atoms with Crippen LogP contribution in [0, 0.1) is 5.92 Å². The number of hydrogen-bond acceptors (Lipinski definition) is 6. The first-order valence-electron chi connectivity index (χ1n) is 9.99. The number of amides is 1. The van der Waals surface area contributed by atoms with Gasteiger partial charge in [-0.1, -0.05) is 37.3 Å². The average Bonchev–Trinajstić information content (AvgIpc) is 3.08. The first-order chi connectivity index (χ1) is 14.5. The van der Waals surface area contributed by atoms with Crippen LogP contribution < -0.4 is 5.32 Å². The lowest BCUT2D eigenvalue weighted by atomic mass is 9.88. The maximum absolute atomic E-state index is 12.5. The fourth-order valence-electron chi connectivity index (χ4n) is 3.33. The summed E-state index contributed by atoms with van der Waals surface area (Å²) in [6.45, 7) is 3.75. The van der Waals surface area contributed by atoms with Gasteiger partial charge in [0, 0.05) is 11.0 Å². The minimum Gasteiger partial charge on any atom is -0.462 e. The molecule has 7 heteroatoms. The summed E-state index contributed by atoms with van der Waals surface area (Å²) >= 11 is 1.40. The van der Waals surface area contributed by atoms with Gasteiger partial charge in [-0.2, -0.15) is 0 Å². The zero-order valence-electron chi connectivity index (χ0n) is 17.1. The second kappa shape index (κ2) is 10.2. The van der Waals surface area contributed by atoms with Gasteiger partial charge >= 0.3 is 11.9 Å². The first-order valence-corrected chi connectivity index (χ1v) is 10.8. The number of fused-ring (bicyclic) bond motifs is 1. The minimum absolute atomic E-state index is 0.263. The van der Waals surface area contributed by atoms with Gasteiger partial charge in [-0.15, -0.1) is 11.3 Å². The third kappa shape index (κ3) is 5.57. The second-order valence-corrected chi connectivity index (χ2v) is 8.28. The van der Waals surface area contributed by atoms with Crippen LogP contribution in [0.5, 0.6) is 0 Å². The maximum atomic E-state index is 12.5. The summed E-state index contributed by atoms with van der Waals surface area (Å²) in [6, 6.07) is 9.31. The smallest absolute Gasteiger partial charge is 0.341 e. The van der Waals surface area contributed by atoms with E-state index < -0.39 is 24.5 Å². The molecule has 1 amide bonds. The van der Waals surface area contributed by atoms with Crippen molar-refractivity contribution in [2.45, 2.75) is 33.1 Å². The third-order valence-corrected chi connectivity index (χ3v) is 5.97. The van der Waals surface area contributed by atoms with Crippen molar-refractivity contribution in [1.29, 1.82) is 0 Å². The Bertz CT molecular complexity index is 948. The van der Waals surface area contributed by atoms with Gasteiger partial charge in [-0.3, -0.25) is 4.79 Å². The lowest BCUT2D eigenvalue weighted by molar-refractivity contribution is -0.142. The Labute approximate surface area is 179 Å². The zero-order valence-corrected chi connectivity index (χ0v) is 17.9. The zero-order chi connectivity index (χ0) is 21.5. The Morgan fingerprint density at radius 2 is 1.97 bits per heavy atom. The number of benzene rings is 1. The van der Waals surface area contributed by atoms with Gasteiger partial charge < -0.3 is 14.8 Å². The summed E-state index contributed by atoms with van der Waals surface area (Å²) in [5, 5.41) is 3.19. The van der Waals surface area contributed by atoms with Crippen molar-refractivity contribution in [1.82, 2.24) is 0 Å². The SMILES string of the molecule is CCOC(=O)c1c(NC(=O)COC(=O)C=Cc2ccccc2)sc2c1CCC(C)C2. The van der Waals surface area contributed by atoms with E-state index in [1.165, 1.54) is 17.4 Å². The Morgan fingerprint density at radius 3 is 2.70 bits per heavy atom. The number of hydrogen-bond donors (Lipinski definition) is 1. The lowest BCUT2D eigenvalue weighted by Gasteiger charge is -2.18. The standard InChI is InChI=1S/C23H25NO5S/c1-3-28-23(27)21-17-11-9-15(2)13-18(17)30-22(21)24-19(25)14-29-20(26)12-10-16-7-5-4-6-8-16/h4-8,10,12,15H,3,9,11,13-14H2,1-2H3,(H,24,25). The molecule has 1 N–H and O–H groups in total. The van der Waals surface area contributed by atoms with Crippen LogP contribution in [0.2, 0.25) is 0 Å². The van der Waals surface area contributed by atoms with E-state index in [9.17, 15) is 14.4 Å². The molecule has 0 saturated heterocycles. The summed E-state index contributed by atoms with van der Waals surface area (Å²) in [6.07, 6.45) is 5.55. The number of ether oxygens (including phenoxy) is 2. The Kier molecular flexibility index (Phi) is 7.41. The Balaban J connectivity index is 1.63. The van der Waals surface area contributed by atoms with E-state index in [-0.39, 0.29) is 6.61 Å². The Hall–Kier alpha value is -2.93. The predicted molar refractivity (Wildman–Crippen MR) is 117 cm³/mol. The molecule has 0 aliphatic heterocycles. The van der Waals surface area contributed by atoms with E-state index in [4.69, 9.17) is 9.47 Å². The highest BCUT2D eigenvalue weighted by molar-refractivity contribution is 7.17. The van der Waals surface area contributed by atoms with Crippen molar-refractivity contribution >= 4 is 40.3 Å². The van der Waals surface area contributed by atoms with Crippen LogP contribution in [-0.4, -0.2) is 31.1 Å². The van der Waals surface area contributed by atoms with Gasteiger partial charge in [-0.25, -0.2) is 9.59 Å². The summed E-state index contributed by atoms with van der Waals surface area (Å²) < 4.78 is 10.2. The Morgan fingerprint density at radius 1 is 1.20 bits per heavy atom.